The minimum absolute atomic E-state index is 0.0251. The third-order valence-electron chi connectivity index (χ3n) is 6.39. The minimum atomic E-state index is -2.06. The van der Waals surface area contributed by atoms with Gasteiger partial charge in [-0.3, -0.25) is 4.55 Å². The first kappa shape index (κ1) is 21.9. The summed E-state index contributed by atoms with van der Waals surface area (Å²) in [7, 11) is 0. The smallest absolute Gasteiger partial charge is 0.320 e. The second-order valence-electron chi connectivity index (χ2n) is 8.21. The first-order valence-corrected chi connectivity index (χ1v) is 11.9. The van der Waals surface area contributed by atoms with Gasteiger partial charge in [0.2, 0.25) is 11.3 Å². The van der Waals surface area contributed by atoms with Gasteiger partial charge >= 0.3 is 6.03 Å². The van der Waals surface area contributed by atoms with E-state index in [1.54, 1.807) is 12.1 Å². The summed E-state index contributed by atoms with van der Waals surface area (Å²) in [6.07, 6.45) is 2.91. The number of hydrogen-bond donors (Lipinski definition) is 2. The number of nitrogens with one attached hydrogen (secondary N) is 1. The van der Waals surface area contributed by atoms with Gasteiger partial charge in [-0.1, -0.05) is 48.5 Å². The molecule has 2 saturated heterocycles. The topological polar surface area (TPSA) is 72.9 Å². The summed E-state index contributed by atoms with van der Waals surface area (Å²) >= 11 is -2.06. The van der Waals surface area contributed by atoms with Gasteiger partial charge in [0, 0.05) is 37.8 Å². The number of amides is 2. The third kappa shape index (κ3) is 4.97. The zero-order valence-electron chi connectivity index (χ0n) is 17.4. The fraction of sp³-hybridized carbons (Fsp3) is 0.435. The summed E-state index contributed by atoms with van der Waals surface area (Å²) in [5, 5.41) is 0. The van der Waals surface area contributed by atoms with E-state index in [1.807, 2.05) is 46.2 Å². The van der Waals surface area contributed by atoms with E-state index in [-0.39, 0.29) is 23.8 Å². The molecule has 2 fully saturated rings. The Kier molecular flexibility index (Phi) is 6.99. The molecule has 2 aromatic carbocycles. The van der Waals surface area contributed by atoms with E-state index < -0.39 is 11.3 Å². The highest BCUT2D eigenvalue weighted by Gasteiger charge is 2.39. The number of benzene rings is 2. The van der Waals surface area contributed by atoms with Crippen LogP contribution in [-0.4, -0.2) is 56.8 Å². The molecule has 0 spiro atoms. The van der Waals surface area contributed by atoms with Gasteiger partial charge in [0.05, 0.1) is 0 Å². The lowest BCUT2D eigenvalue weighted by molar-refractivity contribution is 0.117. The molecule has 2 N–H and O–H groups in total. The lowest BCUT2D eigenvalue weighted by atomic mass is 9.90. The van der Waals surface area contributed by atoms with Crippen molar-refractivity contribution in [2.45, 2.75) is 31.7 Å². The Labute approximate surface area is 184 Å². The van der Waals surface area contributed by atoms with E-state index in [4.69, 9.17) is 4.55 Å². The predicted molar refractivity (Wildman–Crippen MR) is 119 cm³/mol. The van der Waals surface area contributed by atoms with Crippen LogP contribution in [0.15, 0.2) is 48.5 Å². The lowest BCUT2D eigenvalue weighted by Gasteiger charge is -2.38. The van der Waals surface area contributed by atoms with Gasteiger partial charge < -0.3 is 9.80 Å². The molecule has 6 nitrogen and oxygen atoms in total. The highest BCUT2D eigenvalue weighted by molar-refractivity contribution is 7.77. The van der Waals surface area contributed by atoms with Gasteiger partial charge in [-0.2, -0.15) is 0 Å². The van der Waals surface area contributed by atoms with E-state index >= 15 is 4.39 Å². The molecule has 2 aliphatic rings. The lowest BCUT2D eigenvalue weighted by Crippen LogP contribution is -2.52. The summed E-state index contributed by atoms with van der Waals surface area (Å²) in [5.74, 6) is -0.105. The first-order valence-electron chi connectivity index (χ1n) is 10.8. The van der Waals surface area contributed by atoms with Crippen molar-refractivity contribution in [1.82, 2.24) is 14.5 Å². The Morgan fingerprint density at radius 2 is 1.90 bits per heavy atom. The van der Waals surface area contributed by atoms with Gasteiger partial charge in [-0.05, 0) is 42.7 Å². The molecule has 3 atom stereocenters. The van der Waals surface area contributed by atoms with Gasteiger partial charge in [-0.15, -0.1) is 0 Å². The maximum atomic E-state index is 15.5. The monoisotopic (exact) mass is 445 g/mol. The van der Waals surface area contributed by atoms with Crippen molar-refractivity contribution in [2.75, 3.05) is 26.2 Å². The number of halogens is 1. The predicted octanol–water partition coefficient (Wildman–Crippen LogP) is 3.67. The number of likely N-dealkylation sites (tertiary alicyclic amines) is 2. The van der Waals surface area contributed by atoms with Crippen LogP contribution in [0.1, 0.15) is 24.8 Å². The molecule has 31 heavy (non-hydrogen) atoms. The number of carbonyl (C=O) groups excluding carboxylic acids is 1. The Hall–Kier alpha value is -2.29. The van der Waals surface area contributed by atoms with Gasteiger partial charge in [0.1, 0.15) is 5.82 Å². The molecular weight excluding hydrogens is 417 g/mol. The van der Waals surface area contributed by atoms with E-state index in [2.05, 4.69) is 4.72 Å². The molecule has 166 valence electrons. The summed E-state index contributed by atoms with van der Waals surface area (Å²) in [6, 6.07) is 14.8. The molecule has 0 saturated carbocycles. The standard InChI is InChI=1S/C23H28FN3O3S/c24-22-19(8-4-9-20(22)17-6-2-1-3-7-17)16-21-18(10-12-25-31(29)30)11-15-27(21)23(28)26-13-5-14-26/h1-4,6-9,18,21,25H,5,10-16H2,(H,29,30)/t18-,21+/m1/s1. The van der Waals surface area contributed by atoms with Crippen molar-refractivity contribution in [3.8, 4) is 11.1 Å². The van der Waals surface area contributed by atoms with Crippen LogP contribution in [0, 0.1) is 11.7 Å². The van der Waals surface area contributed by atoms with Crippen molar-refractivity contribution >= 4 is 17.3 Å². The maximum absolute atomic E-state index is 15.5. The van der Waals surface area contributed by atoms with Gasteiger partial charge in [0.15, 0.2) is 0 Å². The number of carbonyl (C=O) groups is 1. The molecule has 0 aromatic heterocycles. The molecule has 2 aromatic rings. The van der Waals surface area contributed by atoms with E-state index in [0.717, 1.165) is 31.5 Å². The molecule has 0 bridgehead atoms. The van der Waals surface area contributed by atoms with Crippen molar-refractivity contribution in [2.24, 2.45) is 5.92 Å². The molecule has 2 heterocycles. The molecular formula is C23H28FN3O3S. The van der Waals surface area contributed by atoms with Crippen molar-refractivity contribution in [1.29, 1.82) is 0 Å². The summed E-state index contributed by atoms with van der Waals surface area (Å²) < 4.78 is 37.9. The average molecular weight is 446 g/mol. The molecule has 0 aliphatic carbocycles. The highest BCUT2D eigenvalue weighted by atomic mass is 32.2. The Balaban J connectivity index is 1.57. The van der Waals surface area contributed by atoms with E-state index in [9.17, 15) is 9.00 Å². The van der Waals surface area contributed by atoms with Crippen LogP contribution in [0.3, 0.4) is 0 Å². The fourth-order valence-electron chi connectivity index (χ4n) is 4.59. The normalized spacial score (nSPS) is 21.7. The molecule has 8 heteroatoms. The fourth-order valence-corrected chi connectivity index (χ4v) is 4.89. The van der Waals surface area contributed by atoms with E-state index in [0.29, 0.717) is 37.1 Å². The van der Waals surface area contributed by atoms with Crippen molar-refractivity contribution < 1.29 is 17.9 Å². The Morgan fingerprint density at radius 3 is 2.58 bits per heavy atom. The second kappa shape index (κ2) is 9.89. The van der Waals surface area contributed by atoms with Gasteiger partial charge in [0.25, 0.3) is 0 Å². The largest absolute Gasteiger partial charge is 0.325 e. The quantitative estimate of drug-likeness (QED) is 0.639. The Morgan fingerprint density at radius 1 is 1.13 bits per heavy atom. The summed E-state index contributed by atoms with van der Waals surface area (Å²) in [5.41, 5.74) is 1.98. The number of urea groups is 1. The second-order valence-corrected chi connectivity index (χ2v) is 9.00. The van der Waals surface area contributed by atoms with Crippen LogP contribution >= 0.6 is 0 Å². The third-order valence-corrected chi connectivity index (χ3v) is 6.84. The van der Waals surface area contributed by atoms with Crippen LogP contribution in [0.4, 0.5) is 9.18 Å². The Bertz CT molecular complexity index is 939. The minimum Gasteiger partial charge on any atom is -0.325 e. The number of hydrogen-bond acceptors (Lipinski definition) is 2. The first-order chi connectivity index (χ1) is 15.0. The SMILES string of the molecule is O=C(N1CCC1)N1CC[C@@H](CCNS(=O)O)[C@@H]1Cc1cccc(-c2ccccc2)c1F. The van der Waals surface area contributed by atoms with Crippen LogP contribution in [0.25, 0.3) is 11.1 Å². The zero-order chi connectivity index (χ0) is 21.8. The molecule has 2 amide bonds. The average Bonchev–Trinajstić information content (AvgIpc) is 3.11. The molecule has 2 aliphatic heterocycles. The molecule has 4 rings (SSSR count). The van der Waals surface area contributed by atoms with E-state index in [1.165, 1.54) is 0 Å². The van der Waals surface area contributed by atoms with Crippen LogP contribution in [0.2, 0.25) is 0 Å². The van der Waals surface area contributed by atoms with Gasteiger partial charge in [-0.25, -0.2) is 18.1 Å². The van der Waals surface area contributed by atoms with Crippen LogP contribution < -0.4 is 4.72 Å². The maximum Gasteiger partial charge on any atom is 0.320 e. The number of rotatable bonds is 7. The molecule has 1 unspecified atom stereocenters. The van der Waals surface area contributed by atoms with Crippen molar-refractivity contribution in [3.05, 3.63) is 59.9 Å². The van der Waals surface area contributed by atoms with Crippen LogP contribution in [-0.2, 0) is 17.7 Å². The van der Waals surface area contributed by atoms with Crippen molar-refractivity contribution in [3.63, 3.8) is 0 Å². The summed E-state index contributed by atoms with van der Waals surface area (Å²) in [6.45, 7) is 2.56. The van der Waals surface area contributed by atoms with Crippen LogP contribution in [0.5, 0.6) is 0 Å². The molecule has 0 radical (unpaired) electrons. The highest BCUT2D eigenvalue weighted by Crippen LogP contribution is 2.33. The summed E-state index contributed by atoms with van der Waals surface area (Å²) in [4.78, 5) is 16.7. The zero-order valence-corrected chi connectivity index (χ0v) is 18.2. The number of nitrogens with zero attached hydrogens (tertiary/aromatic N) is 2.